The normalized spacial score (nSPS) is 11.6. The van der Waals surface area contributed by atoms with Crippen LogP contribution >= 0.6 is 39.1 Å². The van der Waals surface area contributed by atoms with E-state index in [1.165, 1.54) is 0 Å². The minimum absolute atomic E-state index is 0.177. The molecule has 0 saturated heterocycles. The summed E-state index contributed by atoms with van der Waals surface area (Å²) in [5.74, 6) is 1.33. The molecule has 0 amide bonds. The van der Waals surface area contributed by atoms with Crippen LogP contribution in [0.2, 0.25) is 10.2 Å². The summed E-state index contributed by atoms with van der Waals surface area (Å²) in [5, 5.41) is 4.33. The summed E-state index contributed by atoms with van der Waals surface area (Å²) in [6.07, 6.45) is 0. The molecule has 0 spiro atoms. The van der Waals surface area contributed by atoms with Gasteiger partial charge in [-0.1, -0.05) is 44.0 Å². The van der Waals surface area contributed by atoms with Crippen molar-refractivity contribution in [2.24, 2.45) is 0 Å². The van der Waals surface area contributed by atoms with Gasteiger partial charge in [0.25, 0.3) is 0 Å². The quantitative estimate of drug-likeness (QED) is 0.651. The number of benzene rings is 1. The van der Waals surface area contributed by atoms with Crippen molar-refractivity contribution in [1.29, 1.82) is 0 Å². The molecule has 0 unspecified atom stereocenters. The number of hydrogen-bond donors (Lipinski definition) is 1. The molecule has 0 aliphatic rings. The molecular formula is C15H16BrCl2N3. The molecule has 0 saturated carbocycles. The number of nitrogens with one attached hydrogen (secondary N) is 1. The number of hydrogen-bond acceptors (Lipinski definition) is 3. The molecule has 0 atom stereocenters. The lowest BCUT2D eigenvalue weighted by Gasteiger charge is -2.18. The lowest BCUT2D eigenvalue weighted by Crippen LogP contribution is -2.16. The molecule has 3 nitrogen and oxygen atoms in total. The van der Waals surface area contributed by atoms with Gasteiger partial charge in [-0.3, -0.25) is 0 Å². The highest BCUT2D eigenvalue weighted by Gasteiger charge is 2.19. The molecule has 2 rings (SSSR count). The Hall–Kier alpha value is -0.840. The Balaban J connectivity index is 2.40. The highest BCUT2D eigenvalue weighted by molar-refractivity contribution is 9.10. The van der Waals surface area contributed by atoms with Crippen LogP contribution < -0.4 is 5.32 Å². The lowest BCUT2D eigenvalue weighted by atomic mass is 9.96. The van der Waals surface area contributed by atoms with Gasteiger partial charge in [0, 0.05) is 21.0 Å². The lowest BCUT2D eigenvalue weighted by molar-refractivity contribution is 0.546. The van der Waals surface area contributed by atoms with E-state index in [0.717, 1.165) is 15.7 Å². The summed E-state index contributed by atoms with van der Waals surface area (Å²) in [7, 11) is 0. The van der Waals surface area contributed by atoms with Crippen LogP contribution in [0, 0.1) is 6.92 Å². The third kappa shape index (κ3) is 4.09. The first-order valence-electron chi connectivity index (χ1n) is 6.44. The molecule has 0 fully saturated rings. The largest absolute Gasteiger partial charge is 0.339 e. The van der Waals surface area contributed by atoms with E-state index < -0.39 is 0 Å². The molecule has 112 valence electrons. The minimum atomic E-state index is -0.177. The van der Waals surface area contributed by atoms with Crippen molar-refractivity contribution in [2.75, 3.05) is 5.32 Å². The fourth-order valence-electron chi connectivity index (χ4n) is 1.70. The number of halogens is 3. The van der Waals surface area contributed by atoms with Gasteiger partial charge in [0.05, 0.1) is 5.69 Å². The van der Waals surface area contributed by atoms with E-state index >= 15 is 0 Å². The molecular weight excluding hydrogens is 373 g/mol. The van der Waals surface area contributed by atoms with Crippen LogP contribution in [0.25, 0.3) is 0 Å². The molecule has 1 N–H and O–H groups in total. The standard InChI is InChI=1S/C15H16BrCl2N3/c1-8-5-9(16)11(6-10(8)17)19-13-7-12(18)20-14(21-13)15(2,3)4/h5-7H,1-4H3,(H,19,20,21). The Morgan fingerprint density at radius 2 is 1.76 bits per heavy atom. The van der Waals surface area contributed by atoms with E-state index in [9.17, 15) is 0 Å². The first-order chi connectivity index (χ1) is 9.66. The smallest absolute Gasteiger partial charge is 0.137 e. The van der Waals surface area contributed by atoms with Crippen molar-refractivity contribution < 1.29 is 0 Å². The molecule has 6 heteroatoms. The van der Waals surface area contributed by atoms with Crippen molar-refractivity contribution in [3.8, 4) is 0 Å². The van der Waals surface area contributed by atoms with Gasteiger partial charge in [-0.25, -0.2) is 9.97 Å². The summed E-state index contributed by atoms with van der Waals surface area (Å²) in [6.45, 7) is 8.08. The Labute approximate surface area is 143 Å². The second-order valence-corrected chi connectivity index (χ2v) is 7.50. The van der Waals surface area contributed by atoms with Crippen molar-refractivity contribution in [1.82, 2.24) is 9.97 Å². The molecule has 2 aromatic rings. The van der Waals surface area contributed by atoms with Crippen molar-refractivity contribution in [2.45, 2.75) is 33.1 Å². The van der Waals surface area contributed by atoms with Crippen LogP contribution in [0.5, 0.6) is 0 Å². The van der Waals surface area contributed by atoms with E-state index in [1.807, 2.05) is 39.8 Å². The van der Waals surface area contributed by atoms with Gasteiger partial charge in [-0.15, -0.1) is 0 Å². The minimum Gasteiger partial charge on any atom is -0.339 e. The zero-order chi connectivity index (χ0) is 15.8. The molecule has 1 aromatic heterocycles. The molecule has 0 bridgehead atoms. The first kappa shape index (κ1) is 16.5. The van der Waals surface area contributed by atoms with E-state index in [1.54, 1.807) is 6.07 Å². The summed E-state index contributed by atoms with van der Waals surface area (Å²) in [4.78, 5) is 8.80. The molecule has 1 aromatic carbocycles. The van der Waals surface area contributed by atoms with Crippen molar-refractivity contribution >= 4 is 50.6 Å². The van der Waals surface area contributed by atoms with Gasteiger partial charge in [-0.2, -0.15) is 0 Å². The van der Waals surface area contributed by atoms with Gasteiger partial charge in [0.15, 0.2) is 0 Å². The number of nitrogens with zero attached hydrogens (tertiary/aromatic N) is 2. The van der Waals surface area contributed by atoms with Gasteiger partial charge in [0.2, 0.25) is 0 Å². The second kappa shape index (κ2) is 6.11. The predicted molar refractivity (Wildman–Crippen MR) is 92.9 cm³/mol. The topological polar surface area (TPSA) is 37.8 Å². The summed E-state index contributed by atoms with van der Waals surface area (Å²) >= 11 is 15.8. The molecule has 0 aliphatic carbocycles. The Morgan fingerprint density at radius 1 is 1.10 bits per heavy atom. The summed E-state index contributed by atoms with van der Waals surface area (Å²) in [5.41, 5.74) is 1.66. The van der Waals surface area contributed by atoms with Crippen LogP contribution in [0.1, 0.15) is 32.2 Å². The third-order valence-electron chi connectivity index (χ3n) is 2.88. The van der Waals surface area contributed by atoms with Crippen LogP contribution in [-0.4, -0.2) is 9.97 Å². The zero-order valence-corrected chi connectivity index (χ0v) is 15.4. The Bertz CT molecular complexity index is 681. The van der Waals surface area contributed by atoms with Gasteiger partial charge in [-0.05, 0) is 40.5 Å². The number of aryl methyl sites for hydroxylation is 1. The van der Waals surface area contributed by atoms with E-state index in [2.05, 4.69) is 31.2 Å². The van der Waals surface area contributed by atoms with E-state index in [4.69, 9.17) is 23.2 Å². The van der Waals surface area contributed by atoms with Gasteiger partial charge >= 0.3 is 0 Å². The average Bonchev–Trinajstić information content (AvgIpc) is 2.34. The van der Waals surface area contributed by atoms with Crippen molar-refractivity contribution in [3.63, 3.8) is 0 Å². The maximum Gasteiger partial charge on any atom is 0.137 e. The van der Waals surface area contributed by atoms with Crippen LogP contribution in [0.15, 0.2) is 22.7 Å². The van der Waals surface area contributed by atoms with E-state index in [-0.39, 0.29) is 5.41 Å². The summed E-state index contributed by atoms with van der Waals surface area (Å²) < 4.78 is 0.913. The fraction of sp³-hybridized carbons (Fsp3) is 0.333. The molecule has 0 aliphatic heterocycles. The average molecular weight is 389 g/mol. The van der Waals surface area contributed by atoms with E-state index in [0.29, 0.717) is 21.8 Å². The fourth-order valence-corrected chi connectivity index (χ4v) is 2.60. The van der Waals surface area contributed by atoms with Crippen LogP contribution in [-0.2, 0) is 5.41 Å². The van der Waals surface area contributed by atoms with Crippen LogP contribution in [0.4, 0.5) is 11.5 Å². The predicted octanol–water partition coefficient (Wildman–Crippen LogP) is 5.90. The van der Waals surface area contributed by atoms with Crippen molar-refractivity contribution in [3.05, 3.63) is 44.2 Å². The van der Waals surface area contributed by atoms with Gasteiger partial charge in [0.1, 0.15) is 16.8 Å². The molecule has 0 radical (unpaired) electrons. The third-order valence-corrected chi connectivity index (χ3v) is 4.13. The highest BCUT2D eigenvalue weighted by Crippen LogP contribution is 2.32. The summed E-state index contributed by atoms with van der Waals surface area (Å²) in [6, 6.07) is 5.50. The zero-order valence-electron chi connectivity index (χ0n) is 12.3. The van der Waals surface area contributed by atoms with Gasteiger partial charge < -0.3 is 5.32 Å². The van der Waals surface area contributed by atoms with Crippen LogP contribution in [0.3, 0.4) is 0 Å². The Kier molecular flexibility index (Phi) is 4.81. The number of rotatable bonds is 2. The monoisotopic (exact) mass is 387 g/mol. The Morgan fingerprint density at radius 3 is 2.38 bits per heavy atom. The number of aromatic nitrogens is 2. The highest BCUT2D eigenvalue weighted by atomic mass is 79.9. The molecule has 21 heavy (non-hydrogen) atoms. The maximum atomic E-state index is 6.17. The maximum absolute atomic E-state index is 6.17. The first-order valence-corrected chi connectivity index (χ1v) is 7.99. The second-order valence-electron chi connectivity index (χ2n) is 5.86. The number of anilines is 2. The molecule has 1 heterocycles. The SMILES string of the molecule is Cc1cc(Br)c(Nc2cc(Cl)nc(C(C)(C)C)n2)cc1Cl.